The van der Waals surface area contributed by atoms with E-state index in [0.29, 0.717) is 6.42 Å². The summed E-state index contributed by atoms with van der Waals surface area (Å²) in [6.45, 7) is 2.76. The standard InChI is InChI=1S/C22H20BrN3/c1-16-14-19(15-22(25-16)18-4-8-20(23)9-5-18)17-6-10-21(11-7-17)26(2)13-3-12-24/h4-11,14-15H,3,13H2,1-2H3. The Morgan fingerprint density at radius 1 is 0.962 bits per heavy atom. The quantitative estimate of drug-likeness (QED) is 0.535. The molecule has 1 aromatic heterocycles. The maximum absolute atomic E-state index is 8.73. The molecule has 0 atom stereocenters. The van der Waals surface area contributed by atoms with E-state index in [-0.39, 0.29) is 0 Å². The first kappa shape index (κ1) is 18.2. The fourth-order valence-corrected chi connectivity index (χ4v) is 3.12. The van der Waals surface area contributed by atoms with Gasteiger partial charge >= 0.3 is 0 Å². The summed E-state index contributed by atoms with van der Waals surface area (Å²) in [5.74, 6) is 0. The average molecular weight is 406 g/mol. The van der Waals surface area contributed by atoms with Gasteiger partial charge in [0, 0.05) is 35.0 Å². The third-order valence-electron chi connectivity index (χ3n) is 4.29. The summed E-state index contributed by atoms with van der Waals surface area (Å²) in [5.41, 5.74) is 6.50. The van der Waals surface area contributed by atoms with E-state index in [2.05, 4.69) is 80.4 Å². The minimum absolute atomic E-state index is 0.526. The van der Waals surface area contributed by atoms with E-state index in [0.717, 1.165) is 44.8 Å². The highest BCUT2D eigenvalue weighted by Crippen LogP contribution is 2.28. The predicted molar refractivity (Wildman–Crippen MR) is 111 cm³/mol. The molecule has 0 fully saturated rings. The lowest BCUT2D eigenvalue weighted by Crippen LogP contribution is -2.17. The normalized spacial score (nSPS) is 10.4. The molecule has 2 aromatic carbocycles. The molecule has 0 bridgehead atoms. The van der Waals surface area contributed by atoms with Crippen molar-refractivity contribution in [2.24, 2.45) is 0 Å². The van der Waals surface area contributed by atoms with Crippen molar-refractivity contribution in [1.82, 2.24) is 4.98 Å². The largest absolute Gasteiger partial charge is 0.374 e. The number of benzene rings is 2. The Hall–Kier alpha value is -2.64. The number of nitriles is 1. The van der Waals surface area contributed by atoms with E-state index in [1.165, 1.54) is 0 Å². The summed E-state index contributed by atoms with van der Waals surface area (Å²) in [6.07, 6.45) is 0.526. The number of anilines is 1. The molecule has 1 heterocycles. The zero-order chi connectivity index (χ0) is 18.5. The van der Waals surface area contributed by atoms with Crippen molar-refractivity contribution in [3.05, 3.63) is 70.8 Å². The summed E-state index contributed by atoms with van der Waals surface area (Å²) < 4.78 is 1.06. The Labute approximate surface area is 163 Å². The van der Waals surface area contributed by atoms with Gasteiger partial charge in [-0.25, -0.2) is 0 Å². The van der Waals surface area contributed by atoms with Crippen molar-refractivity contribution in [2.45, 2.75) is 13.3 Å². The first-order valence-electron chi connectivity index (χ1n) is 8.50. The van der Waals surface area contributed by atoms with Crippen LogP contribution in [0.3, 0.4) is 0 Å². The van der Waals surface area contributed by atoms with Crippen LogP contribution in [-0.2, 0) is 0 Å². The number of rotatable bonds is 5. The monoisotopic (exact) mass is 405 g/mol. The van der Waals surface area contributed by atoms with Gasteiger partial charge in [0.05, 0.1) is 18.2 Å². The van der Waals surface area contributed by atoms with Gasteiger partial charge in [0.15, 0.2) is 0 Å². The van der Waals surface area contributed by atoms with Gasteiger partial charge in [0.25, 0.3) is 0 Å². The average Bonchev–Trinajstić information content (AvgIpc) is 2.66. The first-order valence-corrected chi connectivity index (χ1v) is 9.29. The van der Waals surface area contributed by atoms with E-state index in [1.54, 1.807) is 0 Å². The van der Waals surface area contributed by atoms with Gasteiger partial charge in [0.2, 0.25) is 0 Å². The summed E-state index contributed by atoms with van der Waals surface area (Å²) in [5, 5.41) is 8.73. The Bertz CT molecular complexity index is 925. The first-order chi connectivity index (χ1) is 12.6. The number of pyridine rings is 1. The van der Waals surface area contributed by atoms with Gasteiger partial charge in [-0.3, -0.25) is 4.98 Å². The highest BCUT2D eigenvalue weighted by Gasteiger charge is 2.07. The lowest BCUT2D eigenvalue weighted by Gasteiger charge is -2.18. The SMILES string of the molecule is Cc1cc(-c2ccc(N(C)CCC#N)cc2)cc(-c2ccc(Br)cc2)n1. The van der Waals surface area contributed by atoms with Gasteiger partial charge in [-0.1, -0.05) is 40.2 Å². The fraction of sp³-hybridized carbons (Fsp3) is 0.182. The number of halogens is 1. The van der Waals surface area contributed by atoms with Gasteiger partial charge in [-0.2, -0.15) is 5.26 Å². The number of aryl methyl sites for hydroxylation is 1. The maximum atomic E-state index is 8.73. The molecule has 4 heteroatoms. The number of nitrogens with zero attached hydrogens (tertiary/aromatic N) is 3. The minimum Gasteiger partial charge on any atom is -0.374 e. The predicted octanol–water partition coefficient (Wildman–Crippen LogP) is 5.84. The molecule has 0 saturated carbocycles. The van der Waals surface area contributed by atoms with Crippen LogP contribution < -0.4 is 4.90 Å². The van der Waals surface area contributed by atoms with Crippen molar-refractivity contribution in [3.63, 3.8) is 0 Å². The fourth-order valence-electron chi connectivity index (χ4n) is 2.86. The highest BCUT2D eigenvalue weighted by atomic mass is 79.9. The number of aromatic nitrogens is 1. The second-order valence-corrected chi connectivity index (χ2v) is 7.18. The van der Waals surface area contributed by atoms with E-state index in [4.69, 9.17) is 5.26 Å². The molecule has 0 N–H and O–H groups in total. The second kappa shape index (κ2) is 8.16. The second-order valence-electron chi connectivity index (χ2n) is 6.27. The van der Waals surface area contributed by atoms with Crippen molar-refractivity contribution in [2.75, 3.05) is 18.5 Å². The van der Waals surface area contributed by atoms with Gasteiger partial charge in [0.1, 0.15) is 0 Å². The summed E-state index contributed by atoms with van der Waals surface area (Å²) in [6, 6.07) is 23.1. The van der Waals surface area contributed by atoms with Gasteiger partial charge in [-0.05, 0) is 54.4 Å². The van der Waals surface area contributed by atoms with Gasteiger partial charge in [-0.15, -0.1) is 0 Å². The van der Waals surface area contributed by atoms with Crippen LogP contribution in [0.1, 0.15) is 12.1 Å². The van der Waals surface area contributed by atoms with Crippen LogP contribution in [0.2, 0.25) is 0 Å². The topological polar surface area (TPSA) is 39.9 Å². The third-order valence-corrected chi connectivity index (χ3v) is 4.82. The lowest BCUT2D eigenvalue weighted by atomic mass is 10.0. The number of hydrogen-bond acceptors (Lipinski definition) is 3. The number of hydrogen-bond donors (Lipinski definition) is 0. The van der Waals surface area contributed by atoms with Crippen LogP contribution in [0.25, 0.3) is 22.4 Å². The minimum atomic E-state index is 0.526. The summed E-state index contributed by atoms with van der Waals surface area (Å²) >= 11 is 3.48. The van der Waals surface area contributed by atoms with E-state index in [1.807, 2.05) is 26.1 Å². The Balaban J connectivity index is 1.89. The molecule has 130 valence electrons. The molecule has 0 amide bonds. The Morgan fingerprint density at radius 3 is 2.27 bits per heavy atom. The summed E-state index contributed by atoms with van der Waals surface area (Å²) in [4.78, 5) is 6.78. The van der Waals surface area contributed by atoms with E-state index >= 15 is 0 Å². The zero-order valence-electron chi connectivity index (χ0n) is 14.9. The zero-order valence-corrected chi connectivity index (χ0v) is 16.5. The molecule has 0 radical (unpaired) electrons. The Morgan fingerprint density at radius 2 is 1.62 bits per heavy atom. The lowest BCUT2D eigenvalue weighted by molar-refractivity contribution is 0.905. The third kappa shape index (κ3) is 4.30. The van der Waals surface area contributed by atoms with E-state index < -0.39 is 0 Å². The smallest absolute Gasteiger partial charge is 0.0711 e. The van der Waals surface area contributed by atoms with Gasteiger partial charge < -0.3 is 4.90 Å². The molecule has 3 aromatic rings. The van der Waals surface area contributed by atoms with Crippen molar-refractivity contribution in [3.8, 4) is 28.5 Å². The molecule has 3 rings (SSSR count). The molecule has 0 saturated heterocycles. The molecule has 0 spiro atoms. The highest BCUT2D eigenvalue weighted by molar-refractivity contribution is 9.10. The van der Waals surface area contributed by atoms with Crippen LogP contribution in [0.15, 0.2) is 65.1 Å². The molecule has 0 aliphatic carbocycles. The van der Waals surface area contributed by atoms with Crippen LogP contribution in [0.5, 0.6) is 0 Å². The van der Waals surface area contributed by atoms with Crippen molar-refractivity contribution in [1.29, 1.82) is 5.26 Å². The van der Waals surface area contributed by atoms with Crippen molar-refractivity contribution >= 4 is 21.6 Å². The molecule has 0 unspecified atom stereocenters. The molecular formula is C22H20BrN3. The van der Waals surface area contributed by atoms with E-state index in [9.17, 15) is 0 Å². The van der Waals surface area contributed by atoms with Crippen LogP contribution in [0, 0.1) is 18.3 Å². The van der Waals surface area contributed by atoms with Crippen LogP contribution in [0.4, 0.5) is 5.69 Å². The molecule has 26 heavy (non-hydrogen) atoms. The van der Waals surface area contributed by atoms with Crippen LogP contribution in [-0.4, -0.2) is 18.6 Å². The summed E-state index contributed by atoms with van der Waals surface area (Å²) in [7, 11) is 2.01. The van der Waals surface area contributed by atoms with Crippen LogP contribution >= 0.6 is 15.9 Å². The van der Waals surface area contributed by atoms with Crippen molar-refractivity contribution < 1.29 is 0 Å². The molecule has 0 aliphatic heterocycles. The molecule has 3 nitrogen and oxygen atoms in total. The molecular weight excluding hydrogens is 386 g/mol. The Kier molecular flexibility index (Phi) is 5.70. The maximum Gasteiger partial charge on any atom is 0.0711 e. The molecule has 0 aliphatic rings.